The van der Waals surface area contributed by atoms with Crippen molar-refractivity contribution in [2.45, 2.75) is 65.6 Å². The summed E-state index contributed by atoms with van der Waals surface area (Å²) in [5, 5.41) is 11.9. The van der Waals surface area contributed by atoms with Crippen LogP contribution in [-0.4, -0.2) is 20.8 Å². The molecular weight excluding hydrogens is 224 g/mol. The smallest absolute Gasteiger partial charge is 0.146 e. The summed E-state index contributed by atoms with van der Waals surface area (Å²) in [6.07, 6.45) is 7.25. The average molecular weight is 250 g/mol. The van der Waals surface area contributed by atoms with Gasteiger partial charge < -0.3 is 9.88 Å². The van der Waals surface area contributed by atoms with E-state index in [1.54, 1.807) is 0 Å². The van der Waals surface area contributed by atoms with Crippen LogP contribution in [-0.2, 0) is 13.1 Å². The molecule has 1 aromatic heterocycles. The molecule has 0 spiro atoms. The molecule has 18 heavy (non-hydrogen) atoms. The lowest BCUT2D eigenvalue weighted by Gasteiger charge is -2.35. The van der Waals surface area contributed by atoms with E-state index in [0.29, 0.717) is 6.04 Å². The second-order valence-electron chi connectivity index (χ2n) is 5.71. The maximum atomic E-state index is 4.19. The molecule has 4 heteroatoms. The van der Waals surface area contributed by atoms with Crippen LogP contribution in [0.3, 0.4) is 0 Å². The largest absolute Gasteiger partial charge is 0.317 e. The Balaban J connectivity index is 1.91. The Hall–Kier alpha value is -0.900. The van der Waals surface area contributed by atoms with Crippen molar-refractivity contribution < 1.29 is 0 Å². The molecule has 1 aliphatic carbocycles. The highest BCUT2D eigenvalue weighted by molar-refractivity contribution is 4.89. The first kappa shape index (κ1) is 13.5. The normalized spacial score (nSPS) is 24.7. The van der Waals surface area contributed by atoms with Crippen molar-refractivity contribution in [1.82, 2.24) is 20.1 Å². The highest BCUT2D eigenvalue weighted by atomic mass is 15.3. The molecule has 0 radical (unpaired) electrons. The van der Waals surface area contributed by atoms with Crippen LogP contribution in [0.15, 0.2) is 6.33 Å². The van der Waals surface area contributed by atoms with E-state index in [1.165, 1.54) is 25.7 Å². The van der Waals surface area contributed by atoms with Gasteiger partial charge in [-0.2, -0.15) is 0 Å². The Morgan fingerprint density at radius 2 is 2.17 bits per heavy atom. The number of rotatable bonds is 5. The summed E-state index contributed by atoms with van der Waals surface area (Å²) in [6, 6.07) is 0.653. The van der Waals surface area contributed by atoms with Gasteiger partial charge in [-0.3, -0.25) is 0 Å². The Morgan fingerprint density at radius 1 is 1.39 bits per heavy atom. The second kappa shape index (κ2) is 6.32. The Morgan fingerprint density at radius 3 is 2.89 bits per heavy atom. The average Bonchev–Trinajstić information content (AvgIpc) is 2.84. The molecule has 2 unspecified atom stereocenters. The fourth-order valence-electron chi connectivity index (χ4n) is 3.11. The summed E-state index contributed by atoms with van der Waals surface area (Å²) in [5.41, 5.74) is 0. The van der Waals surface area contributed by atoms with Crippen LogP contribution in [0.5, 0.6) is 0 Å². The first-order chi connectivity index (χ1) is 8.72. The maximum absolute atomic E-state index is 4.19. The lowest BCUT2D eigenvalue weighted by atomic mass is 9.78. The molecule has 1 aromatic rings. The molecule has 1 fully saturated rings. The van der Waals surface area contributed by atoms with Crippen molar-refractivity contribution in [2.24, 2.45) is 11.8 Å². The van der Waals surface area contributed by atoms with Crippen molar-refractivity contribution in [1.29, 1.82) is 0 Å². The minimum absolute atomic E-state index is 0.653. The van der Waals surface area contributed by atoms with Crippen molar-refractivity contribution >= 4 is 0 Å². The van der Waals surface area contributed by atoms with Crippen LogP contribution in [0, 0.1) is 11.8 Å². The molecule has 0 saturated heterocycles. The van der Waals surface area contributed by atoms with Gasteiger partial charge in [-0.25, -0.2) is 0 Å². The number of hydrogen-bond donors (Lipinski definition) is 1. The number of hydrogen-bond acceptors (Lipinski definition) is 3. The zero-order valence-corrected chi connectivity index (χ0v) is 11.9. The number of nitrogens with one attached hydrogen (secondary N) is 1. The maximum Gasteiger partial charge on any atom is 0.146 e. The van der Waals surface area contributed by atoms with Crippen molar-refractivity contribution in [3.05, 3.63) is 12.2 Å². The van der Waals surface area contributed by atoms with Crippen LogP contribution in [0.25, 0.3) is 0 Å². The third-order valence-corrected chi connectivity index (χ3v) is 4.23. The minimum Gasteiger partial charge on any atom is -0.317 e. The quantitative estimate of drug-likeness (QED) is 0.873. The Kier molecular flexibility index (Phi) is 4.75. The minimum atomic E-state index is 0.653. The van der Waals surface area contributed by atoms with Gasteiger partial charge in [0, 0.05) is 12.6 Å². The predicted molar refractivity (Wildman–Crippen MR) is 73.1 cm³/mol. The van der Waals surface area contributed by atoms with Gasteiger partial charge in [0.25, 0.3) is 0 Å². The van der Waals surface area contributed by atoms with Crippen LogP contribution < -0.4 is 5.32 Å². The van der Waals surface area contributed by atoms with E-state index in [9.17, 15) is 0 Å². The lowest BCUT2D eigenvalue weighted by Crippen LogP contribution is -2.40. The van der Waals surface area contributed by atoms with Gasteiger partial charge in [-0.1, -0.05) is 26.7 Å². The summed E-state index contributed by atoms with van der Waals surface area (Å²) in [7, 11) is 0. The van der Waals surface area contributed by atoms with Crippen LogP contribution >= 0.6 is 0 Å². The predicted octanol–water partition coefficient (Wildman–Crippen LogP) is 2.60. The second-order valence-corrected chi connectivity index (χ2v) is 5.71. The number of nitrogens with zero attached hydrogens (tertiary/aromatic N) is 3. The number of aryl methyl sites for hydroxylation is 1. The third kappa shape index (κ3) is 3.10. The molecule has 1 N–H and O–H groups in total. The van der Waals surface area contributed by atoms with Crippen LogP contribution in [0.2, 0.25) is 0 Å². The molecule has 0 aromatic carbocycles. The Bertz CT molecular complexity index is 358. The summed E-state index contributed by atoms with van der Waals surface area (Å²) < 4.78 is 2.11. The van der Waals surface area contributed by atoms with Gasteiger partial charge in [0.15, 0.2) is 0 Å². The standard InChI is InChI=1S/C14H26N4/c1-4-18-10-16-17-14(18)9-15-13-8-6-5-7-12(13)11(2)3/h10-13,15H,4-9H2,1-3H3. The summed E-state index contributed by atoms with van der Waals surface area (Å²) in [6.45, 7) is 8.62. The molecule has 0 amide bonds. The molecule has 2 atom stereocenters. The molecule has 1 aliphatic rings. The van der Waals surface area contributed by atoms with Crippen molar-refractivity contribution in [3.63, 3.8) is 0 Å². The van der Waals surface area contributed by atoms with Gasteiger partial charge in [-0.15, -0.1) is 10.2 Å². The summed E-state index contributed by atoms with van der Waals surface area (Å²) >= 11 is 0. The molecule has 0 aliphatic heterocycles. The highest BCUT2D eigenvalue weighted by Gasteiger charge is 2.27. The lowest BCUT2D eigenvalue weighted by molar-refractivity contribution is 0.203. The molecule has 4 nitrogen and oxygen atoms in total. The Labute approximate surface area is 110 Å². The van der Waals surface area contributed by atoms with E-state index in [1.807, 2.05) is 6.33 Å². The van der Waals surface area contributed by atoms with Gasteiger partial charge in [0.2, 0.25) is 0 Å². The van der Waals surface area contributed by atoms with E-state index in [2.05, 4.69) is 40.9 Å². The molecule has 1 saturated carbocycles. The molecule has 0 bridgehead atoms. The first-order valence-corrected chi connectivity index (χ1v) is 7.32. The summed E-state index contributed by atoms with van der Waals surface area (Å²) in [5.74, 6) is 2.65. The van der Waals surface area contributed by atoms with Gasteiger partial charge in [0.1, 0.15) is 12.2 Å². The zero-order valence-electron chi connectivity index (χ0n) is 11.9. The van der Waals surface area contributed by atoms with Gasteiger partial charge in [-0.05, 0) is 31.6 Å². The zero-order chi connectivity index (χ0) is 13.0. The van der Waals surface area contributed by atoms with Crippen molar-refractivity contribution in [3.8, 4) is 0 Å². The van der Waals surface area contributed by atoms with E-state index in [0.717, 1.165) is 30.7 Å². The molecule has 2 rings (SSSR count). The molecule has 102 valence electrons. The fourth-order valence-corrected chi connectivity index (χ4v) is 3.11. The van der Waals surface area contributed by atoms with Crippen LogP contribution in [0.1, 0.15) is 52.3 Å². The van der Waals surface area contributed by atoms with Crippen molar-refractivity contribution in [2.75, 3.05) is 0 Å². The summed E-state index contributed by atoms with van der Waals surface area (Å²) in [4.78, 5) is 0. The third-order valence-electron chi connectivity index (χ3n) is 4.23. The van der Waals surface area contributed by atoms with Crippen LogP contribution in [0.4, 0.5) is 0 Å². The highest BCUT2D eigenvalue weighted by Crippen LogP contribution is 2.30. The first-order valence-electron chi connectivity index (χ1n) is 7.32. The SMILES string of the molecule is CCn1cnnc1CNC1CCCCC1C(C)C. The topological polar surface area (TPSA) is 42.7 Å². The van der Waals surface area contributed by atoms with E-state index in [-0.39, 0.29) is 0 Å². The van der Waals surface area contributed by atoms with E-state index < -0.39 is 0 Å². The molecule has 1 heterocycles. The van der Waals surface area contributed by atoms with E-state index >= 15 is 0 Å². The van der Waals surface area contributed by atoms with E-state index in [4.69, 9.17) is 0 Å². The number of aromatic nitrogens is 3. The monoisotopic (exact) mass is 250 g/mol. The van der Waals surface area contributed by atoms with Gasteiger partial charge in [0.05, 0.1) is 6.54 Å². The molecular formula is C14H26N4. The van der Waals surface area contributed by atoms with Gasteiger partial charge >= 0.3 is 0 Å². The fraction of sp³-hybridized carbons (Fsp3) is 0.857.